The third kappa shape index (κ3) is 6.68. The molecule has 0 saturated carbocycles. The Hall–Kier alpha value is -1.47. The van der Waals surface area contributed by atoms with Crippen LogP contribution in [0.4, 0.5) is 4.39 Å². The van der Waals surface area contributed by atoms with Crippen molar-refractivity contribution in [1.29, 1.82) is 0 Å². The Balaban J connectivity index is 2.30. The van der Waals surface area contributed by atoms with Gasteiger partial charge in [0.1, 0.15) is 5.82 Å². The lowest BCUT2D eigenvalue weighted by Gasteiger charge is -2.08. The Morgan fingerprint density at radius 1 is 1.19 bits per heavy atom. The number of likely N-dealkylation sites (N-methyl/N-ethyl adjacent to an activating group) is 1. The summed E-state index contributed by atoms with van der Waals surface area (Å²) in [5, 5.41) is 8.40. The standard InChI is InChI=1S/C14H19BrFN3O2/c1-2-17-7-8-18-13(20)5-6-19-14(21)11-9-10(16)3-4-12(11)15/h3-4,9,17H,2,5-8H2,1H3,(H,18,20)(H,19,21). The fraction of sp³-hybridized carbons (Fsp3) is 0.429. The van der Waals surface area contributed by atoms with Gasteiger partial charge in [0.25, 0.3) is 5.91 Å². The van der Waals surface area contributed by atoms with E-state index in [4.69, 9.17) is 0 Å². The molecule has 0 spiro atoms. The van der Waals surface area contributed by atoms with Crippen molar-refractivity contribution < 1.29 is 14.0 Å². The first-order valence-corrected chi connectivity index (χ1v) is 7.54. The summed E-state index contributed by atoms with van der Waals surface area (Å²) in [4.78, 5) is 23.3. The summed E-state index contributed by atoms with van der Waals surface area (Å²) < 4.78 is 13.6. The number of benzene rings is 1. The zero-order chi connectivity index (χ0) is 15.7. The molecule has 7 heteroatoms. The maximum Gasteiger partial charge on any atom is 0.252 e. The van der Waals surface area contributed by atoms with Gasteiger partial charge in [0, 0.05) is 30.5 Å². The first-order chi connectivity index (χ1) is 10.0. The molecule has 3 N–H and O–H groups in total. The molecule has 0 atom stereocenters. The van der Waals surface area contributed by atoms with Crippen LogP contribution in [0, 0.1) is 5.82 Å². The van der Waals surface area contributed by atoms with Crippen LogP contribution in [-0.2, 0) is 4.79 Å². The number of hydrogen-bond acceptors (Lipinski definition) is 3. The van der Waals surface area contributed by atoms with E-state index in [1.807, 2.05) is 6.92 Å². The average molecular weight is 360 g/mol. The van der Waals surface area contributed by atoms with Crippen LogP contribution in [0.15, 0.2) is 22.7 Å². The molecule has 21 heavy (non-hydrogen) atoms. The summed E-state index contributed by atoms with van der Waals surface area (Å²) in [7, 11) is 0. The number of nitrogens with one attached hydrogen (secondary N) is 3. The molecule has 0 aliphatic carbocycles. The van der Waals surface area contributed by atoms with E-state index in [-0.39, 0.29) is 24.4 Å². The van der Waals surface area contributed by atoms with Gasteiger partial charge in [-0.3, -0.25) is 9.59 Å². The van der Waals surface area contributed by atoms with Crippen molar-refractivity contribution in [2.75, 3.05) is 26.2 Å². The van der Waals surface area contributed by atoms with Gasteiger partial charge in [-0.1, -0.05) is 6.92 Å². The van der Waals surface area contributed by atoms with Crippen LogP contribution in [0.25, 0.3) is 0 Å². The monoisotopic (exact) mass is 359 g/mol. The van der Waals surface area contributed by atoms with Gasteiger partial charge in [0.15, 0.2) is 0 Å². The minimum atomic E-state index is -0.482. The molecule has 0 saturated heterocycles. The Bertz CT molecular complexity index is 497. The number of carbonyl (C=O) groups excluding carboxylic acids is 2. The van der Waals surface area contributed by atoms with Gasteiger partial charge in [-0.05, 0) is 40.7 Å². The summed E-state index contributed by atoms with van der Waals surface area (Å²) in [5.41, 5.74) is 0.211. The average Bonchev–Trinajstić information content (AvgIpc) is 2.46. The molecule has 2 amide bonds. The van der Waals surface area contributed by atoms with E-state index in [0.29, 0.717) is 17.6 Å². The highest BCUT2D eigenvalue weighted by Crippen LogP contribution is 2.17. The maximum absolute atomic E-state index is 13.1. The Morgan fingerprint density at radius 3 is 2.67 bits per heavy atom. The van der Waals surface area contributed by atoms with Crippen LogP contribution in [0.3, 0.4) is 0 Å². The fourth-order valence-electron chi connectivity index (χ4n) is 1.61. The zero-order valence-electron chi connectivity index (χ0n) is 11.8. The molecule has 1 rings (SSSR count). The van der Waals surface area contributed by atoms with Crippen LogP contribution in [0.5, 0.6) is 0 Å². The highest BCUT2D eigenvalue weighted by Gasteiger charge is 2.11. The van der Waals surface area contributed by atoms with Crippen molar-refractivity contribution in [2.45, 2.75) is 13.3 Å². The van der Waals surface area contributed by atoms with E-state index in [9.17, 15) is 14.0 Å². The van der Waals surface area contributed by atoms with E-state index in [0.717, 1.165) is 12.6 Å². The van der Waals surface area contributed by atoms with Gasteiger partial charge in [-0.25, -0.2) is 4.39 Å². The maximum atomic E-state index is 13.1. The number of hydrogen-bond donors (Lipinski definition) is 3. The van der Waals surface area contributed by atoms with Crippen molar-refractivity contribution in [1.82, 2.24) is 16.0 Å². The largest absolute Gasteiger partial charge is 0.355 e. The minimum absolute atomic E-state index is 0.133. The molecular formula is C14H19BrFN3O2. The zero-order valence-corrected chi connectivity index (χ0v) is 13.4. The van der Waals surface area contributed by atoms with Gasteiger partial charge < -0.3 is 16.0 Å². The van der Waals surface area contributed by atoms with Gasteiger partial charge >= 0.3 is 0 Å². The van der Waals surface area contributed by atoms with Gasteiger partial charge in [-0.15, -0.1) is 0 Å². The summed E-state index contributed by atoms with van der Waals surface area (Å²) in [6.07, 6.45) is 0.185. The van der Waals surface area contributed by atoms with E-state index >= 15 is 0 Å². The Morgan fingerprint density at radius 2 is 1.95 bits per heavy atom. The second-order valence-electron chi connectivity index (χ2n) is 4.33. The van der Waals surface area contributed by atoms with Crippen molar-refractivity contribution in [3.8, 4) is 0 Å². The molecule has 0 heterocycles. The van der Waals surface area contributed by atoms with Gasteiger partial charge in [0.05, 0.1) is 5.56 Å². The summed E-state index contributed by atoms with van der Waals surface area (Å²) >= 11 is 3.19. The molecule has 0 radical (unpaired) electrons. The Labute approximate surface area is 131 Å². The Kier molecular flexibility index (Phi) is 7.92. The van der Waals surface area contributed by atoms with Crippen molar-refractivity contribution >= 4 is 27.7 Å². The first kappa shape index (κ1) is 17.6. The second-order valence-corrected chi connectivity index (χ2v) is 5.19. The van der Waals surface area contributed by atoms with Crippen molar-refractivity contribution in [2.24, 2.45) is 0 Å². The van der Waals surface area contributed by atoms with E-state index in [2.05, 4.69) is 31.9 Å². The van der Waals surface area contributed by atoms with Crippen LogP contribution in [0.2, 0.25) is 0 Å². The lowest BCUT2D eigenvalue weighted by Crippen LogP contribution is -2.34. The van der Waals surface area contributed by atoms with Crippen LogP contribution < -0.4 is 16.0 Å². The smallest absolute Gasteiger partial charge is 0.252 e. The predicted octanol–water partition coefficient (Wildman–Crippen LogP) is 1.43. The molecule has 5 nitrogen and oxygen atoms in total. The molecule has 1 aromatic rings. The first-order valence-electron chi connectivity index (χ1n) is 6.75. The molecule has 0 fully saturated rings. The van der Waals surface area contributed by atoms with E-state index < -0.39 is 11.7 Å². The molecule has 0 aliphatic heterocycles. The van der Waals surface area contributed by atoms with Crippen LogP contribution in [0.1, 0.15) is 23.7 Å². The van der Waals surface area contributed by atoms with Gasteiger partial charge in [0.2, 0.25) is 5.91 Å². The quantitative estimate of drug-likeness (QED) is 0.615. The van der Waals surface area contributed by atoms with Crippen LogP contribution >= 0.6 is 15.9 Å². The third-order valence-electron chi connectivity index (χ3n) is 2.68. The lowest BCUT2D eigenvalue weighted by atomic mass is 10.2. The number of rotatable bonds is 8. The predicted molar refractivity (Wildman–Crippen MR) is 82.6 cm³/mol. The lowest BCUT2D eigenvalue weighted by molar-refractivity contribution is -0.120. The molecule has 1 aromatic carbocycles. The number of amides is 2. The highest BCUT2D eigenvalue weighted by atomic mass is 79.9. The third-order valence-corrected chi connectivity index (χ3v) is 3.38. The SMILES string of the molecule is CCNCCNC(=O)CCNC(=O)c1cc(F)ccc1Br. The molecule has 0 aliphatic rings. The van der Waals surface area contributed by atoms with E-state index in [1.165, 1.54) is 12.1 Å². The molecule has 116 valence electrons. The number of carbonyl (C=O) groups is 2. The minimum Gasteiger partial charge on any atom is -0.355 e. The summed E-state index contributed by atoms with van der Waals surface area (Å²) in [6.45, 7) is 4.31. The summed E-state index contributed by atoms with van der Waals surface area (Å²) in [6, 6.07) is 3.88. The van der Waals surface area contributed by atoms with Crippen LogP contribution in [-0.4, -0.2) is 38.0 Å². The highest BCUT2D eigenvalue weighted by molar-refractivity contribution is 9.10. The molecule has 0 bridgehead atoms. The topological polar surface area (TPSA) is 70.2 Å². The summed E-state index contributed by atoms with van der Waals surface area (Å²) in [5.74, 6) is -1.03. The molecule has 0 unspecified atom stereocenters. The fourth-order valence-corrected chi connectivity index (χ4v) is 2.04. The van der Waals surface area contributed by atoms with E-state index in [1.54, 1.807) is 0 Å². The molecular weight excluding hydrogens is 341 g/mol. The van der Waals surface area contributed by atoms with Crippen molar-refractivity contribution in [3.05, 3.63) is 34.1 Å². The van der Waals surface area contributed by atoms with Gasteiger partial charge in [-0.2, -0.15) is 0 Å². The van der Waals surface area contributed by atoms with Crippen molar-refractivity contribution in [3.63, 3.8) is 0 Å². The second kappa shape index (κ2) is 9.46. The molecule has 0 aromatic heterocycles. The normalized spacial score (nSPS) is 10.2. The number of halogens is 2.